The lowest BCUT2D eigenvalue weighted by molar-refractivity contribution is 0.149. The average Bonchev–Trinajstić information content (AvgIpc) is 2.68. The Morgan fingerprint density at radius 1 is 1.47 bits per heavy atom. The maximum atomic E-state index is 4.35. The number of nitrogens with zero attached hydrogens (tertiary/aromatic N) is 3. The summed E-state index contributed by atoms with van der Waals surface area (Å²) in [5, 5.41) is 4.10. The zero-order chi connectivity index (χ0) is 12.3. The molecule has 0 spiro atoms. The molecule has 0 bridgehead atoms. The highest BCUT2D eigenvalue weighted by atomic mass is 32.1. The van der Waals surface area contributed by atoms with E-state index in [0.29, 0.717) is 0 Å². The van der Waals surface area contributed by atoms with E-state index in [4.69, 9.17) is 0 Å². The molecule has 94 valence electrons. The van der Waals surface area contributed by atoms with E-state index < -0.39 is 0 Å². The topological polar surface area (TPSA) is 31.4 Å². The minimum Gasteiger partial charge on any atom is -0.336 e. The fourth-order valence-corrected chi connectivity index (χ4v) is 2.78. The van der Waals surface area contributed by atoms with E-state index >= 15 is 0 Å². The number of allylic oxidation sites excluding steroid dienone is 1. The normalized spacial score (nSPS) is 18.2. The molecule has 1 aromatic heterocycles. The summed E-state index contributed by atoms with van der Waals surface area (Å²) in [4.78, 5) is 10.5. The third-order valence-corrected chi connectivity index (χ3v) is 3.75. The van der Waals surface area contributed by atoms with Crippen LogP contribution in [0, 0.1) is 0 Å². The third-order valence-electron chi connectivity index (χ3n) is 2.85. The minimum absolute atomic E-state index is 0.936. The lowest BCUT2D eigenvalue weighted by Gasteiger charge is -2.31. The molecule has 0 unspecified atom stereocenters. The number of hydrogen-bond donors (Lipinski definition) is 1. The van der Waals surface area contributed by atoms with Gasteiger partial charge in [0, 0.05) is 49.5 Å². The van der Waals surface area contributed by atoms with Crippen molar-refractivity contribution in [2.75, 3.05) is 38.5 Å². The molecule has 4 nitrogen and oxygen atoms in total. The third kappa shape index (κ3) is 3.80. The molecular formula is C12H20N4S. The number of nitrogens with one attached hydrogen (secondary N) is 1. The number of hydrogen-bond acceptors (Lipinski definition) is 5. The van der Waals surface area contributed by atoms with Crippen LogP contribution < -0.4 is 5.32 Å². The number of piperazine rings is 1. The van der Waals surface area contributed by atoms with Gasteiger partial charge in [0.05, 0.1) is 0 Å². The van der Waals surface area contributed by atoms with Gasteiger partial charge < -0.3 is 10.2 Å². The molecule has 1 fully saturated rings. The standard InChI is InChI=1S/C12H20N4S/c1-10(2)14-12-13-8-11(17-12)9-16-6-4-15(3)5-7-16/h8H,1,4-7,9H2,2-3H3,(H,13,14). The predicted octanol–water partition coefficient (Wildman–Crippen LogP) is 1.84. The Labute approximate surface area is 107 Å². The van der Waals surface area contributed by atoms with Crippen LogP contribution in [0.1, 0.15) is 11.8 Å². The van der Waals surface area contributed by atoms with E-state index in [1.807, 2.05) is 13.1 Å². The van der Waals surface area contributed by atoms with Crippen LogP contribution in [0.2, 0.25) is 0 Å². The molecule has 1 saturated heterocycles. The molecule has 17 heavy (non-hydrogen) atoms. The van der Waals surface area contributed by atoms with Crippen LogP contribution in [-0.2, 0) is 6.54 Å². The fraction of sp³-hybridized carbons (Fsp3) is 0.583. The maximum absolute atomic E-state index is 4.35. The van der Waals surface area contributed by atoms with Crippen molar-refractivity contribution in [2.45, 2.75) is 13.5 Å². The van der Waals surface area contributed by atoms with E-state index in [-0.39, 0.29) is 0 Å². The number of rotatable bonds is 4. The molecule has 0 aliphatic carbocycles. The first-order chi connectivity index (χ1) is 8.13. The summed E-state index contributed by atoms with van der Waals surface area (Å²) in [7, 11) is 2.18. The summed E-state index contributed by atoms with van der Waals surface area (Å²) in [5.41, 5.74) is 0.936. The van der Waals surface area contributed by atoms with Gasteiger partial charge in [-0.1, -0.05) is 6.58 Å². The van der Waals surface area contributed by atoms with E-state index in [1.165, 1.54) is 4.88 Å². The molecule has 0 atom stereocenters. The van der Waals surface area contributed by atoms with Crippen molar-refractivity contribution in [3.05, 3.63) is 23.3 Å². The van der Waals surface area contributed by atoms with Gasteiger partial charge in [0.1, 0.15) is 0 Å². The lowest BCUT2D eigenvalue weighted by atomic mass is 10.3. The van der Waals surface area contributed by atoms with Crippen LogP contribution in [0.25, 0.3) is 0 Å². The molecule has 5 heteroatoms. The van der Waals surface area contributed by atoms with E-state index in [2.05, 4.69) is 33.7 Å². The van der Waals surface area contributed by atoms with E-state index in [0.717, 1.165) is 43.6 Å². The van der Waals surface area contributed by atoms with Gasteiger partial charge in [0.2, 0.25) is 0 Å². The van der Waals surface area contributed by atoms with Crippen molar-refractivity contribution in [2.24, 2.45) is 0 Å². The van der Waals surface area contributed by atoms with Crippen molar-refractivity contribution in [3.63, 3.8) is 0 Å². The van der Waals surface area contributed by atoms with Gasteiger partial charge >= 0.3 is 0 Å². The largest absolute Gasteiger partial charge is 0.336 e. The number of thiazole rings is 1. The van der Waals surface area contributed by atoms with Crippen LogP contribution in [-0.4, -0.2) is 48.0 Å². The van der Waals surface area contributed by atoms with E-state index in [1.54, 1.807) is 11.3 Å². The SMILES string of the molecule is C=C(C)Nc1ncc(CN2CCN(C)CC2)s1. The zero-order valence-electron chi connectivity index (χ0n) is 10.6. The summed E-state index contributed by atoms with van der Waals surface area (Å²) in [6.07, 6.45) is 1.97. The van der Waals surface area contributed by atoms with Gasteiger partial charge in [-0.3, -0.25) is 4.90 Å². The molecule has 0 amide bonds. The summed E-state index contributed by atoms with van der Waals surface area (Å²) < 4.78 is 0. The second-order valence-corrected chi connectivity index (χ2v) is 5.73. The van der Waals surface area contributed by atoms with Crippen molar-refractivity contribution in [1.29, 1.82) is 0 Å². The molecule has 2 heterocycles. The number of anilines is 1. The van der Waals surface area contributed by atoms with Gasteiger partial charge in [-0.25, -0.2) is 4.98 Å². The first-order valence-electron chi connectivity index (χ1n) is 5.91. The van der Waals surface area contributed by atoms with E-state index in [9.17, 15) is 0 Å². The second-order valence-electron chi connectivity index (χ2n) is 4.62. The molecular weight excluding hydrogens is 232 g/mol. The Balaban J connectivity index is 1.86. The van der Waals surface area contributed by atoms with Crippen LogP contribution in [0.3, 0.4) is 0 Å². The van der Waals surface area contributed by atoms with Crippen molar-refractivity contribution in [3.8, 4) is 0 Å². The average molecular weight is 252 g/mol. The molecule has 0 aromatic carbocycles. The molecule has 2 rings (SSSR count). The van der Waals surface area contributed by atoms with Crippen molar-refractivity contribution < 1.29 is 0 Å². The molecule has 1 aromatic rings. The summed E-state index contributed by atoms with van der Waals surface area (Å²) in [6, 6.07) is 0. The smallest absolute Gasteiger partial charge is 0.187 e. The lowest BCUT2D eigenvalue weighted by Crippen LogP contribution is -2.43. The van der Waals surface area contributed by atoms with Crippen LogP contribution in [0.15, 0.2) is 18.5 Å². The van der Waals surface area contributed by atoms with Crippen LogP contribution >= 0.6 is 11.3 Å². The van der Waals surface area contributed by atoms with Gasteiger partial charge in [0.25, 0.3) is 0 Å². The van der Waals surface area contributed by atoms with Gasteiger partial charge in [-0.05, 0) is 14.0 Å². The first kappa shape index (κ1) is 12.5. The van der Waals surface area contributed by atoms with Gasteiger partial charge in [-0.15, -0.1) is 11.3 Å². The Morgan fingerprint density at radius 2 is 2.18 bits per heavy atom. The summed E-state index contributed by atoms with van der Waals surface area (Å²) in [6.45, 7) is 11.4. The Bertz CT molecular complexity index is 380. The number of aromatic nitrogens is 1. The molecule has 1 N–H and O–H groups in total. The Morgan fingerprint density at radius 3 is 2.82 bits per heavy atom. The summed E-state index contributed by atoms with van der Waals surface area (Å²) in [5.74, 6) is 0. The predicted molar refractivity (Wildman–Crippen MR) is 73.3 cm³/mol. The van der Waals surface area contributed by atoms with Crippen molar-refractivity contribution in [1.82, 2.24) is 14.8 Å². The Kier molecular flexibility index (Phi) is 4.15. The fourth-order valence-electron chi connectivity index (χ4n) is 1.85. The van der Waals surface area contributed by atoms with Crippen LogP contribution in [0.5, 0.6) is 0 Å². The molecule has 0 radical (unpaired) electrons. The highest BCUT2D eigenvalue weighted by molar-refractivity contribution is 7.15. The summed E-state index contributed by atoms with van der Waals surface area (Å²) >= 11 is 1.72. The highest BCUT2D eigenvalue weighted by Crippen LogP contribution is 2.21. The van der Waals surface area contributed by atoms with Crippen molar-refractivity contribution >= 4 is 16.5 Å². The van der Waals surface area contributed by atoms with Crippen LogP contribution in [0.4, 0.5) is 5.13 Å². The Hall–Kier alpha value is -0.910. The highest BCUT2D eigenvalue weighted by Gasteiger charge is 2.14. The van der Waals surface area contributed by atoms with Gasteiger partial charge in [0.15, 0.2) is 5.13 Å². The molecule has 0 saturated carbocycles. The second kappa shape index (κ2) is 5.62. The molecule has 1 aliphatic heterocycles. The maximum Gasteiger partial charge on any atom is 0.187 e. The van der Waals surface area contributed by atoms with Gasteiger partial charge in [-0.2, -0.15) is 0 Å². The first-order valence-corrected chi connectivity index (χ1v) is 6.73. The quantitative estimate of drug-likeness (QED) is 0.886. The minimum atomic E-state index is 0.936. The molecule has 1 aliphatic rings. The monoisotopic (exact) mass is 252 g/mol. The number of likely N-dealkylation sites (N-methyl/N-ethyl adjacent to an activating group) is 1. The zero-order valence-corrected chi connectivity index (χ0v) is 11.4.